The monoisotopic (exact) mass is 618 g/mol. The maximum absolute atomic E-state index is 12.2. The standard InChI is InChI=1S/C23H32BrF3N2O8.H2O/c24-20-6-2-1-5-19(20)21(37-12-4-8-29-22(32)23(25,26)27)36-11-3-7-28-17-34-16-18(35-14-10-31)15-33-13-9-30;/h1-2,5-6,9-10,18,21,28H,3-4,7-8,11-17H2,(H,29,32);1H2. The molecule has 1 aromatic carbocycles. The Morgan fingerprint density at radius 2 is 1.58 bits per heavy atom. The van der Waals surface area contributed by atoms with E-state index in [1.165, 1.54) is 0 Å². The number of carbonyl (C=O) groups excluding carboxylic acids is 3. The molecule has 1 rings (SSSR count). The first-order valence-corrected chi connectivity index (χ1v) is 12.3. The molecule has 0 saturated heterocycles. The average Bonchev–Trinajstić information content (AvgIpc) is 2.86. The van der Waals surface area contributed by atoms with Gasteiger partial charge in [0, 0.05) is 16.6 Å². The van der Waals surface area contributed by atoms with Crippen LogP contribution < -0.4 is 10.6 Å². The minimum atomic E-state index is -4.92. The van der Waals surface area contributed by atoms with Crippen molar-refractivity contribution in [3.8, 4) is 0 Å². The molecule has 1 amide bonds. The third-order valence-corrected chi connectivity index (χ3v) is 5.18. The topological polar surface area (TPSA) is 153 Å². The molecule has 38 heavy (non-hydrogen) atoms. The summed E-state index contributed by atoms with van der Waals surface area (Å²) in [6, 6.07) is 7.24. The molecule has 0 aliphatic rings. The van der Waals surface area contributed by atoms with Gasteiger partial charge in [-0.05, 0) is 25.5 Å². The van der Waals surface area contributed by atoms with Crippen LogP contribution in [0, 0.1) is 0 Å². The number of hydrogen-bond acceptors (Lipinski definition) is 9. The van der Waals surface area contributed by atoms with E-state index in [-0.39, 0.29) is 58.2 Å². The summed E-state index contributed by atoms with van der Waals surface area (Å²) in [7, 11) is 0. The number of alkyl halides is 3. The molecule has 0 fully saturated rings. The van der Waals surface area contributed by atoms with Crippen LogP contribution in [0.1, 0.15) is 24.7 Å². The number of carbonyl (C=O) groups is 3. The molecule has 0 aliphatic heterocycles. The summed E-state index contributed by atoms with van der Waals surface area (Å²) in [5.41, 5.74) is 0.719. The molecular weight excluding hydrogens is 585 g/mol. The van der Waals surface area contributed by atoms with Gasteiger partial charge in [0.05, 0.1) is 33.2 Å². The van der Waals surface area contributed by atoms with Gasteiger partial charge in [0.25, 0.3) is 0 Å². The minimum Gasteiger partial charge on any atom is -0.412 e. The number of aldehydes is 2. The number of nitrogens with one attached hydrogen (secondary N) is 2. The first-order chi connectivity index (χ1) is 17.8. The van der Waals surface area contributed by atoms with E-state index < -0.39 is 24.5 Å². The Hall–Kier alpha value is -1.98. The van der Waals surface area contributed by atoms with Crippen molar-refractivity contribution < 1.29 is 56.7 Å². The van der Waals surface area contributed by atoms with Crippen LogP contribution in [-0.4, -0.2) is 95.7 Å². The SMILES string of the molecule is O.O=CCOCC(COCNCCCOC(OCCCNC(=O)C(F)(F)F)c1ccccc1Br)OCC=O. The van der Waals surface area contributed by atoms with E-state index in [9.17, 15) is 27.6 Å². The lowest BCUT2D eigenvalue weighted by Gasteiger charge is -2.20. The summed E-state index contributed by atoms with van der Waals surface area (Å²) in [4.78, 5) is 31.7. The van der Waals surface area contributed by atoms with Gasteiger partial charge in [-0.1, -0.05) is 34.1 Å². The van der Waals surface area contributed by atoms with Crippen molar-refractivity contribution in [3.05, 3.63) is 34.3 Å². The van der Waals surface area contributed by atoms with Crippen LogP contribution in [-0.2, 0) is 38.1 Å². The normalized spacial score (nSPS) is 12.8. The zero-order valence-electron chi connectivity index (χ0n) is 20.7. The van der Waals surface area contributed by atoms with Crippen LogP contribution in [0.15, 0.2) is 28.7 Å². The summed E-state index contributed by atoms with van der Waals surface area (Å²) in [5, 5.41) is 4.86. The molecule has 2 unspecified atom stereocenters. The largest absolute Gasteiger partial charge is 0.471 e. The first-order valence-electron chi connectivity index (χ1n) is 11.5. The van der Waals surface area contributed by atoms with E-state index in [2.05, 4.69) is 21.2 Å². The molecule has 0 saturated carbocycles. The van der Waals surface area contributed by atoms with E-state index in [4.69, 9.17) is 23.7 Å². The summed E-state index contributed by atoms with van der Waals surface area (Å²) < 4.78 is 64.8. The van der Waals surface area contributed by atoms with Gasteiger partial charge in [0.2, 0.25) is 0 Å². The van der Waals surface area contributed by atoms with Crippen molar-refractivity contribution >= 4 is 34.4 Å². The number of ether oxygens (including phenoxy) is 5. The van der Waals surface area contributed by atoms with Gasteiger partial charge in [-0.25, -0.2) is 0 Å². The molecule has 218 valence electrons. The first kappa shape index (κ1) is 36.0. The van der Waals surface area contributed by atoms with Gasteiger partial charge in [0.1, 0.15) is 31.9 Å². The Morgan fingerprint density at radius 1 is 0.947 bits per heavy atom. The molecular formula is C23H34BrF3N2O9. The van der Waals surface area contributed by atoms with Gasteiger partial charge in [-0.15, -0.1) is 0 Å². The molecule has 4 N–H and O–H groups in total. The highest BCUT2D eigenvalue weighted by Crippen LogP contribution is 2.27. The van der Waals surface area contributed by atoms with Crippen molar-refractivity contribution in [2.75, 3.05) is 59.5 Å². The Morgan fingerprint density at radius 3 is 2.21 bits per heavy atom. The fourth-order valence-electron chi connectivity index (χ4n) is 2.75. The summed E-state index contributed by atoms with van der Waals surface area (Å²) in [6.07, 6.45) is -4.16. The highest BCUT2D eigenvalue weighted by atomic mass is 79.9. The molecule has 2 atom stereocenters. The van der Waals surface area contributed by atoms with Crippen molar-refractivity contribution in [1.29, 1.82) is 0 Å². The van der Waals surface area contributed by atoms with E-state index in [1.54, 1.807) is 17.4 Å². The molecule has 0 heterocycles. The van der Waals surface area contributed by atoms with Gasteiger partial charge in [-0.2, -0.15) is 13.2 Å². The lowest BCUT2D eigenvalue weighted by molar-refractivity contribution is -0.173. The fraction of sp³-hybridized carbons (Fsp3) is 0.609. The predicted octanol–water partition coefficient (Wildman–Crippen LogP) is 1.48. The van der Waals surface area contributed by atoms with Crippen molar-refractivity contribution in [1.82, 2.24) is 10.6 Å². The van der Waals surface area contributed by atoms with Crippen molar-refractivity contribution in [3.63, 3.8) is 0 Å². The second kappa shape index (κ2) is 21.9. The number of halogens is 4. The van der Waals surface area contributed by atoms with Crippen molar-refractivity contribution in [2.24, 2.45) is 0 Å². The second-order valence-corrected chi connectivity index (χ2v) is 8.25. The third-order valence-electron chi connectivity index (χ3n) is 4.46. The lowest BCUT2D eigenvalue weighted by Crippen LogP contribution is -2.37. The molecule has 0 aromatic heterocycles. The Bertz CT molecular complexity index is 791. The van der Waals surface area contributed by atoms with E-state index in [1.807, 2.05) is 12.1 Å². The summed E-state index contributed by atoms with van der Waals surface area (Å²) >= 11 is 3.43. The van der Waals surface area contributed by atoms with E-state index >= 15 is 0 Å². The molecule has 0 spiro atoms. The van der Waals surface area contributed by atoms with E-state index in [0.717, 1.165) is 10.0 Å². The Labute approximate surface area is 227 Å². The molecule has 11 nitrogen and oxygen atoms in total. The van der Waals surface area contributed by atoms with Gasteiger partial charge in [-0.3, -0.25) is 10.1 Å². The lowest BCUT2D eigenvalue weighted by atomic mass is 10.2. The van der Waals surface area contributed by atoms with Gasteiger partial charge < -0.3 is 44.1 Å². The number of amides is 1. The highest BCUT2D eigenvalue weighted by molar-refractivity contribution is 9.10. The zero-order valence-corrected chi connectivity index (χ0v) is 22.3. The van der Waals surface area contributed by atoms with Crippen LogP contribution in [0.25, 0.3) is 0 Å². The van der Waals surface area contributed by atoms with Crippen LogP contribution in [0.4, 0.5) is 13.2 Å². The van der Waals surface area contributed by atoms with Crippen LogP contribution >= 0.6 is 15.9 Å². The number of rotatable bonds is 22. The van der Waals surface area contributed by atoms with Crippen LogP contribution in [0.2, 0.25) is 0 Å². The van der Waals surface area contributed by atoms with Crippen LogP contribution in [0.5, 0.6) is 0 Å². The number of hydrogen-bond donors (Lipinski definition) is 2. The third kappa shape index (κ3) is 16.8. The maximum Gasteiger partial charge on any atom is 0.471 e. The highest BCUT2D eigenvalue weighted by Gasteiger charge is 2.38. The second-order valence-electron chi connectivity index (χ2n) is 7.40. The van der Waals surface area contributed by atoms with E-state index in [0.29, 0.717) is 32.1 Å². The minimum absolute atomic E-state index is 0. The number of benzene rings is 1. The molecule has 0 aliphatic carbocycles. The fourth-order valence-corrected chi connectivity index (χ4v) is 3.22. The van der Waals surface area contributed by atoms with Gasteiger partial charge in [0.15, 0.2) is 6.29 Å². The Kier molecular flexibility index (Phi) is 20.8. The molecule has 15 heteroatoms. The quantitative estimate of drug-likeness (QED) is 0.112. The molecule has 0 bridgehead atoms. The Balaban J connectivity index is 0.0000137. The zero-order chi connectivity index (χ0) is 27.4. The summed E-state index contributed by atoms with van der Waals surface area (Å²) in [5.74, 6) is -1.99. The van der Waals surface area contributed by atoms with Gasteiger partial charge >= 0.3 is 12.1 Å². The average molecular weight is 619 g/mol. The smallest absolute Gasteiger partial charge is 0.412 e. The predicted molar refractivity (Wildman–Crippen MR) is 132 cm³/mol. The van der Waals surface area contributed by atoms with Crippen LogP contribution in [0.3, 0.4) is 0 Å². The molecule has 1 aromatic rings. The summed E-state index contributed by atoms with van der Waals surface area (Å²) in [6.45, 7) is 1.06. The van der Waals surface area contributed by atoms with Crippen molar-refractivity contribution in [2.45, 2.75) is 31.4 Å². The maximum atomic E-state index is 12.2. The molecule has 0 radical (unpaired) electrons.